The molecule has 2 unspecified atom stereocenters. The highest BCUT2D eigenvalue weighted by molar-refractivity contribution is 6.05. The van der Waals surface area contributed by atoms with Crippen molar-refractivity contribution < 1.29 is 24.0 Å². The molecule has 0 radical (unpaired) electrons. The van der Waals surface area contributed by atoms with E-state index >= 15 is 0 Å². The van der Waals surface area contributed by atoms with Gasteiger partial charge >= 0.3 is 6.03 Å². The van der Waals surface area contributed by atoms with E-state index in [1.54, 1.807) is 24.3 Å². The molecule has 2 aliphatic heterocycles. The van der Waals surface area contributed by atoms with Gasteiger partial charge in [0.1, 0.15) is 0 Å². The Bertz CT molecular complexity index is 874. The van der Waals surface area contributed by atoms with E-state index in [1.165, 1.54) is 4.90 Å². The summed E-state index contributed by atoms with van der Waals surface area (Å²) in [7, 11) is 0. The maximum absolute atomic E-state index is 12.5. The Labute approximate surface area is 173 Å². The van der Waals surface area contributed by atoms with Crippen LogP contribution in [0.1, 0.15) is 37.7 Å². The van der Waals surface area contributed by atoms with Gasteiger partial charge in [-0.3, -0.25) is 29.0 Å². The maximum Gasteiger partial charge on any atom is 0.324 e. The molecule has 158 valence electrons. The second-order valence-corrected chi connectivity index (χ2v) is 7.96. The van der Waals surface area contributed by atoms with Crippen molar-refractivity contribution in [2.45, 2.75) is 38.6 Å². The Morgan fingerprint density at radius 2 is 1.73 bits per heavy atom. The minimum Gasteiger partial charge on any atom is -0.329 e. The van der Waals surface area contributed by atoms with Crippen molar-refractivity contribution in [1.29, 1.82) is 0 Å². The molecule has 0 bridgehead atoms. The van der Waals surface area contributed by atoms with Crippen molar-refractivity contribution >= 4 is 35.3 Å². The first kappa shape index (κ1) is 20.1. The molecule has 1 aromatic carbocycles. The van der Waals surface area contributed by atoms with Crippen molar-refractivity contribution in [3.63, 3.8) is 0 Å². The Balaban J connectivity index is 1.32. The second kappa shape index (κ2) is 8.25. The van der Waals surface area contributed by atoms with E-state index < -0.39 is 6.03 Å². The molecule has 1 aromatic rings. The largest absolute Gasteiger partial charge is 0.329 e. The zero-order valence-electron chi connectivity index (χ0n) is 16.6. The Morgan fingerprint density at radius 3 is 2.37 bits per heavy atom. The summed E-state index contributed by atoms with van der Waals surface area (Å²) in [4.78, 5) is 63.1. The molecule has 6 amide bonds. The standard InChI is InChI=1S/C21H24N4O5/c26-17(8-9-24-19(28)15-6-1-2-7-16(15)20(24)29)23-14-5-3-4-13(10-14)12-25-18(27)11-22-21(25)30/h3-5,10,15-16H,1-2,6-9,11-12H2,(H,22,30)(H,23,26). The lowest BCUT2D eigenvalue weighted by Gasteiger charge is -2.19. The van der Waals surface area contributed by atoms with Gasteiger partial charge in [-0.05, 0) is 30.5 Å². The number of nitrogens with zero attached hydrogens (tertiary/aromatic N) is 2. The Hall–Kier alpha value is -3.23. The van der Waals surface area contributed by atoms with Gasteiger partial charge in [0.05, 0.1) is 24.9 Å². The molecular weight excluding hydrogens is 388 g/mol. The third-order valence-corrected chi connectivity index (χ3v) is 5.98. The van der Waals surface area contributed by atoms with E-state index in [0.717, 1.165) is 30.6 Å². The highest BCUT2D eigenvalue weighted by atomic mass is 16.2. The normalized spacial score (nSPS) is 23.6. The Morgan fingerprint density at radius 1 is 1.03 bits per heavy atom. The molecule has 2 atom stereocenters. The number of urea groups is 1. The molecule has 30 heavy (non-hydrogen) atoms. The number of hydrogen-bond donors (Lipinski definition) is 2. The van der Waals surface area contributed by atoms with E-state index in [2.05, 4.69) is 10.6 Å². The van der Waals surface area contributed by atoms with Crippen LogP contribution >= 0.6 is 0 Å². The number of anilines is 1. The molecule has 1 aliphatic carbocycles. The van der Waals surface area contributed by atoms with E-state index in [4.69, 9.17) is 0 Å². The van der Waals surface area contributed by atoms with Gasteiger partial charge in [-0.1, -0.05) is 25.0 Å². The van der Waals surface area contributed by atoms with Gasteiger partial charge in [-0.2, -0.15) is 0 Å². The van der Waals surface area contributed by atoms with Crippen molar-refractivity contribution in [3.8, 4) is 0 Å². The van der Waals surface area contributed by atoms with Gasteiger partial charge in [0.25, 0.3) is 0 Å². The fraction of sp³-hybridized carbons (Fsp3) is 0.476. The zero-order chi connectivity index (χ0) is 21.3. The SMILES string of the molecule is O=C(CCN1C(=O)C2CCCCC2C1=O)Nc1cccc(CN2C(=O)CNC2=O)c1. The molecule has 3 fully saturated rings. The summed E-state index contributed by atoms with van der Waals surface area (Å²) in [6.45, 7) is 0.192. The minimum absolute atomic E-state index is 0.00901. The first-order chi connectivity index (χ1) is 14.4. The van der Waals surface area contributed by atoms with Crippen LogP contribution < -0.4 is 10.6 Å². The fourth-order valence-electron chi connectivity index (χ4n) is 4.43. The molecule has 1 saturated carbocycles. The number of hydrogen-bond acceptors (Lipinski definition) is 5. The zero-order valence-corrected chi connectivity index (χ0v) is 16.6. The van der Waals surface area contributed by atoms with Crippen molar-refractivity contribution in [3.05, 3.63) is 29.8 Å². The van der Waals surface area contributed by atoms with Gasteiger partial charge in [0, 0.05) is 18.7 Å². The summed E-state index contributed by atoms with van der Waals surface area (Å²) in [6, 6.07) is 6.44. The lowest BCUT2D eigenvalue weighted by atomic mass is 9.81. The monoisotopic (exact) mass is 412 g/mol. The average Bonchev–Trinajstić information content (AvgIpc) is 3.18. The fourth-order valence-corrected chi connectivity index (χ4v) is 4.43. The molecule has 9 heteroatoms. The molecule has 0 aromatic heterocycles. The van der Waals surface area contributed by atoms with E-state index in [-0.39, 0.29) is 61.5 Å². The van der Waals surface area contributed by atoms with Crippen molar-refractivity contribution in [1.82, 2.24) is 15.1 Å². The van der Waals surface area contributed by atoms with Crippen LogP contribution in [0, 0.1) is 11.8 Å². The number of imide groups is 2. The van der Waals surface area contributed by atoms with Crippen LogP contribution in [-0.4, -0.2) is 52.5 Å². The number of carbonyl (C=O) groups is 5. The first-order valence-corrected chi connectivity index (χ1v) is 10.3. The number of amides is 6. The van der Waals surface area contributed by atoms with Crippen LogP contribution in [0.5, 0.6) is 0 Å². The molecule has 0 spiro atoms. The summed E-state index contributed by atoms with van der Waals surface area (Å²) in [5.41, 5.74) is 1.23. The van der Waals surface area contributed by atoms with Crippen LogP contribution in [0.4, 0.5) is 10.5 Å². The van der Waals surface area contributed by atoms with Crippen LogP contribution in [0.3, 0.4) is 0 Å². The highest BCUT2D eigenvalue weighted by Crippen LogP contribution is 2.37. The van der Waals surface area contributed by atoms with E-state index in [1.807, 2.05) is 0 Å². The molecule has 2 heterocycles. The molecule has 3 aliphatic rings. The first-order valence-electron chi connectivity index (χ1n) is 10.3. The van der Waals surface area contributed by atoms with E-state index in [0.29, 0.717) is 11.3 Å². The van der Waals surface area contributed by atoms with Crippen LogP contribution in [-0.2, 0) is 25.7 Å². The van der Waals surface area contributed by atoms with Crippen molar-refractivity contribution in [2.75, 3.05) is 18.4 Å². The van der Waals surface area contributed by atoms with Crippen LogP contribution in [0.25, 0.3) is 0 Å². The van der Waals surface area contributed by atoms with E-state index in [9.17, 15) is 24.0 Å². The average molecular weight is 412 g/mol. The van der Waals surface area contributed by atoms with Gasteiger partial charge in [-0.25, -0.2) is 4.79 Å². The number of rotatable bonds is 6. The summed E-state index contributed by atoms with van der Waals surface area (Å²) in [6.07, 6.45) is 3.46. The summed E-state index contributed by atoms with van der Waals surface area (Å²) < 4.78 is 0. The predicted molar refractivity (Wildman–Crippen MR) is 106 cm³/mol. The van der Waals surface area contributed by atoms with Gasteiger partial charge in [0.15, 0.2) is 0 Å². The van der Waals surface area contributed by atoms with Crippen LogP contribution in [0.2, 0.25) is 0 Å². The second-order valence-electron chi connectivity index (χ2n) is 7.96. The van der Waals surface area contributed by atoms with Gasteiger partial charge < -0.3 is 10.6 Å². The quantitative estimate of drug-likeness (QED) is 0.539. The molecule has 2 saturated heterocycles. The molecule has 4 rings (SSSR count). The van der Waals surface area contributed by atoms with Gasteiger partial charge in [0.2, 0.25) is 23.6 Å². The number of carbonyl (C=O) groups excluding carboxylic acids is 5. The highest BCUT2D eigenvalue weighted by Gasteiger charge is 2.47. The number of likely N-dealkylation sites (tertiary alicyclic amines) is 1. The number of nitrogens with one attached hydrogen (secondary N) is 2. The third-order valence-electron chi connectivity index (χ3n) is 5.98. The smallest absolute Gasteiger partial charge is 0.324 e. The van der Waals surface area contributed by atoms with Gasteiger partial charge in [-0.15, -0.1) is 0 Å². The lowest BCUT2D eigenvalue weighted by Crippen LogP contribution is -2.34. The number of fused-ring (bicyclic) bond motifs is 1. The van der Waals surface area contributed by atoms with Crippen LogP contribution in [0.15, 0.2) is 24.3 Å². The topological polar surface area (TPSA) is 116 Å². The molecular formula is C21H24N4O5. The predicted octanol–water partition coefficient (Wildman–Crippen LogP) is 1.24. The minimum atomic E-state index is -0.435. The molecule has 9 nitrogen and oxygen atoms in total. The number of benzene rings is 1. The lowest BCUT2D eigenvalue weighted by molar-refractivity contribution is -0.140. The third kappa shape index (κ3) is 3.92. The summed E-state index contributed by atoms with van der Waals surface area (Å²) >= 11 is 0. The molecule has 2 N–H and O–H groups in total. The maximum atomic E-state index is 12.5. The van der Waals surface area contributed by atoms with Crippen molar-refractivity contribution in [2.24, 2.45) is 11.8 Å². The summed E-state index contributed by atoms with van der Waals surface area (Å²) in [5.74, 6) is -1.32. The Kier molecular flexibility index (Phi) is 5.52. The summed E-state index contributed by atoms with van der Waals surface area (Å²) in [5, 5.41) is 5.22.